The van der Waals surface area contributed by atoms with Gasteiger partial charge in [-0.05, 0) is 70.6 Å². The third-order valence-corrected chi connectivity index (χ3v) is 6.76. The molecule has 0 atom stereocenters. The van der Waals surface area contributed by atoms with E-state index in [-0.39, 0.29) is 5.56 Å². The minimum Gasteiger partial charge on any atom is -0.353 e. The molecule has 0 radical (unpaired) electrons. The molecule has 0 spiro atoms. The van der Waals surface area contributed by atoms with Gasteiger partial charge in [-0.2, -0.15) is 0 Å². The predicted octanol–water partition coefficient (Wildman–Crippen LogP) is 3.25. The number of aromatic nitrogens is 2. The van der Waals surface area contributed by atoms with E-state index in [1.54, 1.807) is 11.3 Å². The Balaban J connectivity index is 1.75. The maximum absolute atomic E-state index is 13.2. The number of anilines is 1. The highest BCUT2D eigenvalue weighted by atomic mass is 32.1. The first-order valence-corrected chi connectivity index (χ1v) is 10.5. The summed E-state index contributed by atoms with van der Waals surface area (Å²) in [5, 5.41) is 4.50. The molecule has 1 aliphatic carbocycles. The Labute approximate surface area is 153 Å². The van der Waals surface area contributed by atoms with Gasteiger partial charge in [0.05, 0.1) is 5.39 Å². The number of likely N-dealkylation sites (tertiary alicyclic amines) is 1. The highest BCUT2D eigenvalue weighted by Gasteiger charge is 2.23. The van der Waals surface area contributed by atoms with Gasteiger partial charge in [0.25, 0.3) is 5.56 Å². The smallest absolute Gasteiger partial charge is 0.263 e. The molecule has 0 amide bonds. The van der Waals surface area contributed by atoms with Gasteiger partial charge in [0, 0.05) is 17.5 Å². The summed E-state index contributed by atoms with van der Waals surface area (Å²) < 4.78 is 1.89. The van der Waals surface area contributed by atoms with Crippen molar-refractivity contribution >= 4 is 27.5 Å². The third kappa shape index (κ3) is 3.22. The van der Waals surface area contributed by atoms with E-state index in [2.05, 4.69) is 24.2 Å². The van der Waals surface area contributed by atoms with Crippen molar-refractivity contribution in [3.63, 3.8) is 0 Å². The first-order chi connectivity index (χ1) is 12.2. The molecule has 0 unspecified atom stereocenters. The summed E-state index contributed by atoms with van der Waals surface area (Å²) >= 11 is 1.74. The summed E-state index contributed by atoms with van der Waals surface area (Å²) in [5.41, 5.74) is 1.46. The topological polar surface area (TPSA) is 50.2 Å². The van der Waals surface area contributed by atoms with E-state index in [1.807, 2.05) is 4.57 Å². The monoisotopic (exact) mass is 360 g/mol. The van der Waals surface area contributed by atoms with Gasteiger partial charge in [-0.15, -0.1) is 11.3 Å². The molecular weight excluding hydrogens is 332 g/mol. The maximum Gasteiger partial charge on any atom is 0.263 e. The molecule has 136 valence electrons. The molecule has 2 aliphatic rings. The van der Waals surface area contributed by atoms with Crippen LogP contribution in [0.4, 0.5) is 5.95 Å². The van der Waals surface area contributed by atoms with Crippen LogP contribution in [0.25, 0.3) is 10.2 Å². The van der Waals surface area contributed by atoms with Gasteiger partial charge in [0.15, 0.2) is 0 Å². The van der Waals surface area contributed by atoms with Crippen LogP contribution >= 0.6 is 11.3 Å². The van der Waals surface area contributed by atoms with Gasteiger partial charge < -0.3 is 10.2 Å². The summed E-state index contributed by atoms with van der Waals surface area (Å²) in [6.07, 6.45) is 7.75. The van der Waals surface area contributed by atoms with Crippen LogP contribution in [0.5, 0.6) is 0 Å². The molecule has 5 nitrogen and oxygen atoms in total. The first kappa shape index (κ1) is 17.0. The zero-order valence-corrected chi connectivity index (χ0v) is 16.1. The van der Waals surface area contributed by atoms with Gasteiger partial charge in [0.2, 0.25) is 5.95 Å². The van der Waals surface area contributed by atoms with Crippen LogP contribution in [0.1, 0.15) is 49.5 Å². The van der Waals surface area contributed by atoms with E-state index in [0.717, 1.165) is 67.9 Å². The summed E-state index contributed by atoms with van der Waals surface area (Å²) in [4.78, 5) is 22.9. The Hall–Kier alpha value is -1.40. The molecule has 1 fully saturated rings. The molecule has 1 N–H and O–H groups in total. The van der Waals surface area contributed by atoms with Gasteiger partial charge in [0.1, 0.15) is 4.83 Å². The van der Waals surface area contributed by atoms with E-state index in [9.17, 15) is 4.79 Å². The molecule has 1 aliphatic heterocycles. The molecule has 0 saturated carbocycles. The Bertz CT molecular complexity index is 817. The van der Waals surface area contributed by atoms with Crippen molar-refractivity contribution in [2.24, 2.45) is 0 Å². The van der Waals surface area contributed by atoms with Crippen molar-refractivity contribution in [3.05, 3.63) is 20.8 Å². The fraction of sp³-hybridized carbons (Fsp3) is 0.684. The molecule has 4 rings (SSSR count). The average Bonchev–Trinajstić information content (AvgIpc) is 2.98. The van der Waals surface area contributed by atoms with Crippen molar-refractivity contribution in [1.29, 1.82) is 0 Å². The normalized spacial score (nSPS) is 19.3. The van der Waals surface area contributed by atoms with Crippen molar-refractivity contribution in [2.45, 2.75) is 64.5 Å². The zero-order chi connectivity index (χ0) is 17.4. The van der Waals surface area contributed by atoms with E-state index in [0.29, 0.717) is 6.04 Å². The number of rotatable bonds is 4. The second-order valence-electron chi connectivity index (χ2n) is 7.51. The zero-order valence-electron chi connectivity index (χ0n) is 15.3. The number of thiophene rings is 1. The highest BCUT2D eigenvalue weighted by Crippen LogP contribution is 2.34. The van der Waals surface area contributed by atoms with Crippen molar-refractivity contribution in [3.8, 4) is 0 Å². The largest absolute Gasteiger partial charge is 0.353 e. The lowest BCUT2D eigenvalue weighted by Gasteiger charge is -2.30. The minimum absolute atomic E-state index is 0.168. The maximum atomic E-state index is 13.2. The van der Waals surface area contributed by atoms with E-state index in [4.69, 9.17) is 4.98 Å². The van der Waals surface area contributed by atoms with Gasteiger partial charge in [-0.25, -0.2) is 4.98 Å². The Morgan fingerprint density at radius 3 is 2.76 bits per heavy atom. The molecule has 3 heterocycles. The number of hydrogen-bond acceptors (Lipinski definition) is 5. The van der Waals surface area contributed by atoms with Crippen LogP contribution in [0.3, 0.4) is 0 Å². The van der Waals surface area contributed by atoms with Crippen LogP contribution in [-0.4, -0.2) is 40.6 Å². The average molecular weight is 361 g/mol. The SMILES string of the molecule is CCCn1c(NC2CCN(C)CC2)nc2sc3c(c2c1=O)CCCC3. The number of fused-ring (bicyclic) bond motifs is 3. The summed E-state index contributed by atoms with van der Waals surface area (Å²) in [6.45, 7) is 5.07. The van der Waals surface area contributed by atoms with Gasteiger partial charge in [-0.3, -0.25) is 9.36 Å². The fourth-order valence-corrected chi connectivity index (χ4v) is 5.37. The summed E-state index contributed by atoms with van der Waals surface area (Å²) in [6, 6.07) is 0.415. The van der Waals surface area contributed by atoms with Gasteiger partial charge in [-0.1, -0.05) is 6.92 Å². The van der Waals surface area contributed by atoms with Crippen LogP contribution in [0.15, 0.2) is 4.79 Å². The first-order valence-electron chi connectivity index (χ1n) is 9.67. The molecule has 2 aromatic heterocycles. The van der Waals surface area contributed by atoms with E-state index < -0.39 is 0 Å². The lowest BCUT2D eigenvalue weighted by atomic mass is 9.97. The number of aryl methyl sites for hydroxylation is 2. The summed E-state index contributed by atoms with van der Waals surface area (Å²) in [5.74, 6) is 0.785. The molecule has 1 saturated heterocycles. The van der Waals surface area contributed by atoms with Crippen molar-refractivity contribution in [2.75, 3.05) is 25.5 Å². The second-order valence-corrected chi connectivity index (χ2v) is 8.59. The quantitative estimate of drug-likeness (QED) is 0.909. The lowest BCUT2D eigenvalue weighted by molar-refractivity contribution is 0.263. The molecule has 0 aromatic carbocycles. The minimum atomic E-state index is 0.168. The van der Waals surface area contributed by atoms with Crippen molar-refractivity contribution < 1.29 is 0 Å². The molecular formula is C19H28N4OS. The molecule has 0 bridgehead atoms. The number of piperidine rings is 1. The highest BCUT2D eigenvalue weighted by molar-refractivity contribution is 7.18. The Morgan fingerprint density at radius 1 is 1.24 bits per heavy atom. The summed E-state index contributed by atoms with van der Waals surface area (Å²) in [7, 11) is 2.17. The van der Waals surface area contributed by atoms with Crippen LogP contribution in [0.2, 0.25) is 0 Å². The lowest BCUT2D eigenvalue weighted by Crippen LogP contribution is -2.38. The Morgan fingerprint density at radius 2 is 2.00 bits per heavy atom. The Kier molecular flexibility index (Phi) is 4.82. The second kappa shape index (κ2) is 7.08. The molecule has 6 heteroatoms. The van der Waals surface area contributed by atoms with Gasteiger partial charge >= 0.3 is 0 Å². The van der Waals surface area contributed by atoms with Crippen LogP contribution in [0, 0.1) is 0 Å². The molecule has 2 aromatic rings. The third-order valence-electron chi connectivity index (χ3n) is 5.57. The van der Waals surface area contributed by atoms with E-state index in [1.165, 1.54) is 23.3 Å². The van der Waals surface area contributed by atoms with E-state index >= 15 is 0 Å². The van der Waals surface area contributed by atoms with Crippen LogP contribution in [-0.2, 0) is 19.4 Å². The van der Waals surface area contributed by atoms with Crippen molar-refractivity contribution in [1.82, 2.24) is 14.5 Å². The number of hydrogen-bond donors (Lipinski definition) is 1. The standard InChI is InChI=1S/C19H28N4OS/c1-3-10-23-18(24)16-14-6-4-5-7-15(14)25-17(16)21-19(23)20-13-8-11-22(2)12-9-13/h13H,3-12H2,1-2H3,(H,20,21). The predicted molar refractivity (Wildman–Crippen MR) is 105 cm³/mol. The number of nitrogens with zero attached hydrogens (tertiary/aromatic N) is 3. The number of nitrogens with one attached hydrogen (secondary N) is 1. The fourth-order valence-electron chi connectivity index (χ4n) is 4.12. The van der Waals surface area contributed by atoms with Crippen LogP contribution < -0.4 is 10.9 Å². The molecule has 25 heavy (non-hydrogen) atoms.